The minimum Gasteiger partial charge on any atom is -0.368 e. The van der Waals surface area contributed by atoms with Gasteiger partial charge in [-0.25, -0.2) is 0 Å². The predicted molar refractivity (Wildman–Crippen MR) is 87.0 cm³/mol. The predicted octanol–water partition coefficient (Wildman–Crippen LogP) is 2.13. The van der Waals surface area contributed by atoms with E-state index in [1.54, 1.807) is 0 Å². The van der Waals surface area contributed by atoms with Crippen molar-refractivity contribution in [1.82, 2.24) is 10.2 Å². The topological polar surface area (TPSA) is 58.4 Å². The normalized spacial score (nSPS) is 37.5. The zero-order valence-electron chi connectivity index (χ0n) is 14.2. The fourth-order valence-corrected chi connectivity index (χ4v) is 4.59. The summed E-state index contributed by atoms with van der Waals surface area (Å²) in [5.41, 5.74) is 5.32. The van der Waals surface area contributed by atoms with E-state index in [0.717, 1.165) is 38.1 Å². The summed E-state index contributed by atoms with van der Waals surface area (Å²) in [5.74, 6) is 1.04. The van der Waals surface area contributed by atoms with Gasteiger partial charge in [0.1, 0.15) is 5.54 Å². The zero-order chi connectivity index (χ0) is 15.6. The Balaban J connectivity index is 1.99. The van der Waals surface area contributed by atoms with Gasteiger partial charge in [-0.1, -0.05) is 13.3 Å². The van der Waals surface area contributed by atoms with Crippen LogP contribution in [0.5, 0.6) is 0 Å². The first-order valence-corrected chi connectivity index (χ1v) is 8.66. The molecule has 0 spiro atoms. The Kier molecular flexibility index (Phi) is 5.31. The van der Waals surface area contributed by atoms with Gasteiger partial charge >= 0.3 is 0 Å². The molecule has 2 fully saturated rings. The number of rotatable bonds is 6. The quantitative estimate of drug-likeness (QED) is 0.789. The minimum absolute atomic E-state index is 0.151. The Bertz CT molecular complexity index is 371. The van der Waals surface area contributed by atoms with Gasteiger partial charge in [-0.3, -0.25) is 4.79 Å². The van der Waals surface area contributed by atoms with Crippen LogP contribution in [0.1, 0.15) is 59.8 Å². The Hall–Kier alpha value is -0.610. The van der Waals surface area contributed by atoms with E-state index in [1.807, 2.05) is 0 Å². The van der Waals surface area contributed by atoms with Gasteiger partial charge in [0, 0.05) is 18.6 Å². The van der Waals surface area contributed by atoms with E-state index in [0.29, 0.717) is 18.0 Å². The maximum absolute atomic E-state index is 12.1. The van der Waals surface area contributed by atoms with Crippen molar-refractivity contribution in [3.05, 3.63) is 0 Å². The van der Waals surface area contributed by atoms with Crippen LogP contribution in [0.4, 0.5) is 0 Å². The lowest BCUT2D eigenvalue weighted by Crippen LogP contribution is -2.60. The van der Waals surface area contributed by atoms with E-state index < -0.39 is 5.54 Å². The Labute approximate surface area is 129 Å². The maximum atomic E-state index is 12.1. The summed E-state index contributed by atoms with van der Waals surface area (Å²) in [5, 5.41) is 3.51. The number of likely N-dealkylation sites (tertiary alicyclic amines) is 1. The van der Waals surface area contributed by atoms with Crippen molar-refractivity contribution >= 4 is 5.91 Å². The number of nitrogens with zero attached hydrogens (tertiary/aromatic N) is 1. The molecule has 21 heavy (non-hydrogen) atoms. The standard InChI is InChI=1S/C17H33N3O/c1-12(2)19-17(16(18)21)8-5-6-15(17)7-9-20-11-13(3)10-14(20)4/h12-15,19H,5-11H2,1-4H3,(H2,18,21). The SMILES string of the molecule is CC1CC(C)N(CCC2CCCC2(NC(C)C)C(N)=O)C1. The van der Waals surface area contributed by atoms with Gasteiger partial charge in [0.2, 0.25) is 5.91 Å². The second-order valence-corrected chi connectivity index (χ2v) is 7.70. The molecule has 1 aliphatic carbocycles. The molecule has 0 radical (unpaired) electrons. The lowest BCUT2D eigenvalue weighted by molar-refractivity contribution is -0.126. The van der Waals surface area contributed by atoms with Crippen molar-refractivity contribution in [2.75, 3.05) is 13.1 Å². The molecular weight excluding hydrogens is 262 g/mol. The van der Waals surface area contributed by atoms with Crippen LogP contribution in [-0.4, -0.2) is 41.5 Å². The van der Waals surface area contributed by atoms with Crippen molar-refractivity contribution in [3.8, 4) is 0 Å². The first-order chi connectivity index (χ1) is 9.85. The fourth-order valence-electron chi connectivity index (χ4n) is 4.59. The van der Waals surface area contributed by atoms with Gasteiger partial charge < -0.3 is 16.0 Å². The van der Waals surface area contributed by atoms with Crippen LogP contribution < -0.4 is 11.1 Å². The average molecular weight is 295 g/mol. The molecule has 3 N–H and O–H groups in total. The molecule has 0 aromatic carbocycles. The summed E-state index contributed by atoms with van der Waals surface area (Å²) in [7, 11) is 0. The third-order valence-electron chi connectivity index (χ3n) is 5.48. The van der Waals surface area contributed by atoms with E-state index in [9.17, 15) is 4.79 Å². The van der Waals surface area contributed by atoms with E-state index in [1.165, 1.54) is 13.0 Å². The molecule has 4 nitrogen and oxygen atoms in total. The lowest BCUT2D eigenvalue weighted by atomic mass is 9.83. The first kappa shape index (κ1) is 16.8. The van der Waals surface area contributed by atoms with Crippen molar-refractivity contribution in [1.29, 1.82) is 0 Å². The number of carbonyl (C=O) groups is 1. The largest absolute Gasteiger partial charge is 0.368 e. The highest BCUT2D eigenvalue weighted by Crippen LogP contribution is 2.39. The highest BCUT2D eigenvalue weighted by Gasteiger charge is 2.47. The van der Waals surface area contributed by atoms with Gasteiger partial charge in [0.25, 0.3) is 0 Å². The Morgan fingerprint density at radius 2 is 2.14 bits per heavy atom. The van der Waals surface area contributed by atoms with E-state index >= 15 is 0 Å². The number of hydrogen-bond acceptors (Lipinski definition) is 3. The summed E-state index contributed by atoms with van der Waals surface area (Å²) >= 11 is 0. The molecule has 122 valence electrons. The van der Waals surface area contributed by atoms with Crippen LogP contribution in [0.15, 0.2) is 0 Å². The van der Waals surface area contributed by atoms with Gasteiger partial charge in [0.15, 0.2) is 0 Å². The molecule has 0 aromatic heterocycles. The number of primary amides is 1. The van der Waals surface area contributed by atoms with Crippen LogP contribution in [0.2, 0.25) is 0 Å². The van der Waals surface area contributed by atoms with E-state index in [4.69, 9.17) is 5.73 Å². The summed E-state index contributed by atoms with van der Waals surface area (Å²) in [6.45, 7) is 11.2. The van der Waals surface area contributed by atoms with Crippen molar-refractivity contribution in [3.63, 3.8) is 0 Å². The lowest BCUT2D eigenvalue weighted by Gasteiger charge is -2.36. The zero-order valence-corrected chi connectivity index (χ0v) is 14.2. The van der Waals surface area contributed by atoms with Gasteiger partial charge in [-0.05, 0) is 64.8 Å². The number of hydrogen-bond donors (Lipinski definition) is 2. The summed E-state index contributed by atoms with van der Waals surface area (Å²) in [6.07, 6.45) is 5.52. The average Bonchev–Trinajstić information content (AvgIpc) is 2.90. The number of nitrogens with one attached hydrogen (secondary N) is 1. The van der Waals surface area contributed by atoms with Crippen molar-refractivity contribution in [2.45, 2.75) is 77.4 Å². The van der Waals surface area contributed by atoms with Crippen LogP contribution in [0.3, 0.4) is 0 Å². The monoisotopic (exact) mass is 295 g/mol. The molecule has 4 heteroatoms. The molecule has 4 atom stereocenters. The summed E-state index contributed by atoms with van der Waals surface area (Å²) < 4.78 is 0. The van der Waals surface area contributed by atoms with Gasteiger partial charge in [-0.2, -0.15) is 0 Å². The first-order valence-electron chi connectivity index (χ1n) is 8.66. The second kappa shape index (κ2) is 6.66. The van der Waals surface area contributed by atoms with Gasteiger partial charge in [-0.15, -0.1) is 0 Å². The minimum atomic E-state index is -0.469. The van der Waals surface area contributed by atoms with Crippen LogP contribution in [0, 0.1) is 11.8 Å². The highest BCUT2D eigenvalue weighted by atomic mass is 16.1. The second-order valence-electron chi connectivity index (χ2n) is 7.70. The molecular formula is C17H33N3O. The Morgan fingerprint density at radius 1 is 1.43 bits per heavy atom. The van der Waals surface area contributed by atoms with Crippen molar-refractivity contribution in [2.24, 2.45) is 17.6 Å². The van der Waals surface area contributed by atoms with Gasteiger partial charge in [0.05, 0.1) is 0 Å². The number of carbonyl (C=O) groups excluding carboxylic acids is 1. The maximum Gasteiger partial charge on any atom is 0.238 e. The third-order valence-corrected chi connectivity index (χ3v) is 5.48. The molecule has 0 bridgehead atoms. The Morgan fingerprint density at radius 3 is 2.67 bits per heavy atom. The molecule has 0 aromatic rings. The van der Waals surface area contributed by atoms with Crippen molar-refractivity contribution < 1.29 is 4.79 Å². The van der Waals surface area contributed by atoms with E-state index in [2.05, 4.69) is 37.9 Å². The highest BCUT2D eigenvalue weighted by molar-refractivity contribution is 5.85. The van der Waals surface area contributed by atoms with Crippen LogP contribution >= 0.6 is 0 Å². The third kappa shape index (κ3) is 3.59. The number of amides is 1. The summed E-state index contributed by atoms with van der Waals surface area (Å²) in [6, 6.07) is 0.978. The molecule has 1 heterocycles. The summed E-state index contributed by atoms with van der Waals surface area (Å²) in [4.78, 5) is 14.7. The number of nitrogens with two attached hydrogens (primary N) is 1. The molecule has 2 rings (SSSR count). The molecule has 2 aliphatic rings. The molecule has 1 amide bonds. The van der Waals surface area contributed by atoms with E-state index in [-0.39, 0.29) is 5.91 Å². The molecule has 4 unspecified atom stereocenters. The van der Waals surface area contributed by atoms with Crippen LogP contribution in [-0.2, 0) is 4.79 Å². The molecule has 1 saturated heterocycles. The molecule has 1 aliphatic heterocycles. The molecule has 1 saturated carbocycles. The fraction of sp³-hybridized carbons (Fsp3) is 0.941. The van der Waals surface area contributed by atoms with Crippen LogP contribution in [0.25, 0.3) is 0 Å². The smallest absolute Gasteiger partial charge is 0.238 e.